The van der Waals surface area contributed by atoms with Crippen LogP contribution in [0.1, 0.15) is 44.9 Å². The lowest BCUT2D eigenvalue weighted by Crippen LogP contribution is -2.24. The largest absolute Gasteiger partial charge is 0.316 e. The lowest BCUT2D eigenvalue weighted by molar-refractivity contribution is 0.435. The zero-order valence-electron chi connectivity index (χ0n) is 9.17. The van der Waals surface area contributed by atoms with Gasteiger partial charge in [-0.3, -0.25) is 0 Å². The van der Waals surface area contributed by atoms with Crippen molar-refractivity contribution < 1.29 is 0 Å². The Kier molecular flexibility index (Phi) is 4.05. The molecule has 0 heterocycles. The third-order valence-electron chi connectivity index (χ3n) is 3.47. The molecule has 0 radical (unpaired) electrons. The molecule has 0 aromatic carbocycles. The number of rotatable bonds is 6. The highest BCUT2D eigenvalue weighted by molar-refractivity contribution is 4.90. The molecule has 1 fully saturated rings. The second-order valence-corrected chi connectivity index (χ2v) is 4.94. The van der Waals surface area contributed by atoms with Gasteiger partial charge < -0.3 is 5.32 Å². The van der Waals surface area contributed by atoms with Gasteiger partial charge in [-0.25, -0.2) is 0 Å². The summed E-state index contributed by atoms with van der Waals surface area (Å²) in [7, 11) is 0. The standard InChI is InChI=1S/C13H23N/c1-2-5-13(6-3-1)11-14-10-4-7-12-8-9-12/h1-2,12-14H,3-11H2. The summed E-state index contributed by atoms with van der Waals surface area (Å²) < 4.78 is 0. The minimum atomic E-state index is 0.918. The van der Waals surface area contributed by atoms with Crippen molar-refractivity contribution in [3.8, 4) is 0 Å². The SMILES string of the molecule is C1=CCC(CNCCCC2CC2)CC1. The first kappa shape index (κ1) is 10.2. The summed E-state index contributed by atoms with van der Waals surface area (Å²) in [6.07, 6.45) is 14.5. The normalized spacial score (nSPS) is 26.7. The van der Waals surface area contributed by atoms with E-state index < -0.39 is 0 Å². The van der Waals surface area contributed by atoms with E-state index in [0.29, 0.717) is 0 Å². The van der Waals surface area contributed by atoms with Crippen LogP contribution < -0.4 is 5.32 Å². The molecule has 80 valence electrons. The maximum atomic E-state index is 3.60. The molecule has 0 spiro atoms. The van der Waals surface area contributed by atoms with Crippen LogP contribution in [-0.2, 0) is 0 Å². The van der Waals surface area contributed by atoms with Crippen LogP contribution in [-0.4, -0.2) is 13.1 Å². The van der Waals surface area contributed by atoms with E-state index in [1.54, 1.807) is 0 Å². The quantitative estimate of drug-likeness (QED) is 0.505. The molecule has 14 heavy (non-hydrogen) atoms. The second-order valence-electron chi connectivity index (χ2n) is 4.94. The van der Waals surface area contributed by atoms with Gasteiger partial charge in [0.2, 0.25) is 0 Å². The first-order chi connectivity index (χ1) is 6.95. The van der Waals surface area contributed by atoms with E-state index in [9.17, 15) is 0 Å². The van der Waals surface area contributed by atoms with Crippen molar-refractivity contribution in [1.82, 2.24) is 5.32 Å². The molecule has 0 amide bonds. The summed E-state index contributed by atoms with van der Waals surface area (Å²) in [5.41, 5.74) is 0. The Morgan fingerprint density at radius 1 is 1.07 bits per heavy atom. The van der Waals surface area contributed by atoms with Crippen molar-refractivity contribution in [1.29, 1.82) is 0 Å². The fourth-order valence-electron chi connectivity index (χ4n) is 2.27. The van der Waals surface area contributed by atoms with E-state index in [4.69, 9.17) is 0 Å². The van der Waals surface area contributed by atoms with E-state index >= 15 is 0 Å². The van der Waals surface area contributed by atoms with Gasteiger partial charge in [0.1, 0.15) is 0 Å². The highest BCUT2D eigenvalue weighted by Gasteiger charge is 2.19. The Morgan fingerprint density at radius 2 is 2.00 bits per heavy atom. The summed E-state index contributed by atoms with van der Waals surface area (Å²) >= 11 is 0. The van der Waals surface area contributed by atoms with Crippen molar-refractivity contribution in [3.05, 3.63) is 12.2 Å². The lowest BCUT2D eigenvalue weighted by atomic mass is 9.94. The Morgan fingerprint density at radius 3 is 2.71 bits per heavy atom. The highest BCUT2D eigenvalue weighted by Crippen LogP contribution is 2.33. The molecule has 2 rings (SSSR count). The van der Waals surface area contributed by atoms with E-state index in [2.05, 4.69) is 17.5 Å². The molecule has 0 bridgehead atoms. The van der Waals surface area contributed by atoms with Gasteiger partial charge in [0.05, 0.1) is 0 Å². The van der Waals surface area contributed by atoms with Crippen LogP contribution in [0.5, 0.6) is 0 Å². The second kappa shape index (κ2) is 5.55. The molecule has 0 aromatic rings. The number of nitrogens with one attached hydrogen (secondary N) is 1. The predicted octanol–water partition coefficient (Wildman–Crippen LogP) is 3.12. The Hall–Kier alpha value is -0.300. The molecule has 1 N–H and O–H groups in total. The molecular formula is C13H23N. The zero-order chi connectivity index (χ0) is 9.64. The molecule has 2 aliphatic carbocycles. The monoisotopic (exact) mass is 193 g/mol. The van der Waals surface area contributed by atoms with Gasteiger partial charge in [-0.15, -0.1) is 0 Å². The third kappa shape index (κ3) is 3.83. The molecule has 1 heteroatoms. The average molecular weight is 193 g/mol. The van der Waals surface area contributed by atoms with Gasteiger partial charge in [-0.1, -0.05) is 25.0 Å². The van der Waals surface area contributed by atoms with Gasteiger partial charge >= 0.3 is 0 Å². The highest BCUT2D eigenvalue weighted by atomic mass is 14.9. The maximum absolute atomic E-state index is 3.60. The molecule has 0 aliphatic heterocycles. The Bertz CT molecular complexity index is 182. The van der Waals surface area contributed by atoms with Crippen molar-refractivity contribution in [2.24, 2.45) is 11.8 Å². The molecule has 2 aliphatic rings. The van der Waals surface area contributed by atoms with Gasteiger partial charge in [0.15, 0.2) is 0 Å². The topological polar surface area (TPSA) is 12.0 Å². The van der Waals surface area contributed by atoms with Gasteiger partial charge in [-0.2, -0.15) is 0 Å². The molecular weight excluding hydrogens is 170 g/mol. The van der Waals surface area contributed by atoms with Crippen molar-refractivity contribution in [2.45, 2.75) is 44.9 Å². The van der Waals surface area contributed by atoms with Gasteiger partial charge in [-0.05, 0) is 57.0 Å². The first-order valence-corrected chi connectivity index (χ1v) is 6.31. The minimum Gasteiger partial charge on any atom is -0.316 e. The van der Waals surface area contributed by atoms with E-state index in [1.807, 2.05) is 0 Å². The summed E-state index contributed by atoms with van der Waals surface area (Å²) in [6, 6.07) is 0. The maximum Gasteiger partial charge on any atom is -0.00174 e. The van der Waals surface area contributed by atoms with Crippen LogP contribution in [0, 0.1) is 11.8 Å². The summed E-state index contributed by atoms with van der Waals surface area (Å²) in [5.74, 6) is 2.02. The van der Waals surface area contributed by atoms with Crippen LogP contribution in [0.3, 0.4) is 0 Å². The summed E-state index contributed by atoms with van der Waals surface area (Å²) in [5, 5.41) is 3.60. The van der Waals surface area contributed by atoms with Crippen LogP contribution in [0.2, 0.25) is 0 Å². The van der Waals surface area contributed by atoms with E-state index in [0.717, 1.165) is 11.8 Å². The molecule has 1 atom stereocenters. The lowest BCUT2D eigenvalue weighted by Gasteiger charge is -2.18. The fraction of sp³-hybridized carbons (Fsp3) is 0.846. The minimum absolute atomic E-state index is 0.918. The molecule has 1 nitrogen and oxygen atoms in total. The number of hydrogen-bond donors (Lipinski definition) is 1. The van der Waals surface area contributed by atoms with Crippen molar-refractivity contribution in [3.63, 3.8) is 0 Å². The van der Waals surface area contributed by atoms with E-state index in [-0.39, 0.29) is 0 Å². The molecule has 0 aromatic heterocycles. The first-order valence-electron chi connectivity index (χ1n) is 6.31. The summed E-state index contributed by atoms with van der Waals surface area (Å²) in [6.45, 7) is 2.49. The van der Waals surface area contributed by atoms with Gasteiger partial charge in [0, 0.05) is 0 Å². The van der Waals surface area contributed by atoms with Crippen LogP contribution in [0.15, 0.2) is 12.2 Å². The smallest absolute Gasteiger partial charge is 0.00174 e. The Labute approximate surface area is 88.0 Å². The summed E-state index contributed by atoms with van der Waals surface area (Å²) in [4.78, 5) is 0. The fourth-order valence-corrected chi connectivity index (χ4v) is 2.27. The van der Waals surface area contributed by atoms with E-state index in [1.165, 1.54) is 58.0 Å². The Balaban J connectivity index is 1.43. The zero-order valence-corrected chi connectivity index (χ0v) is 9.17. The predicted molar refractivity (Wildman–Crippen MR) is 61.3 cm³/mol. The molecule has 1 unspecified atom stereocenters. The van der Waals surface area contributed by atoms with Crippen LogP contribution >= 0.6 is 0 Å². The average Bonchev–Trinajstić information content (AvgIpc) is 3.03. The van der Waals surface area contributed by atoms with Gasteiger partial charge in [0.25, 0.3) is 0 Å². The van der Waals surface area contributed by atoms with Crippen molar-refractivity contribution in [2.75, 3.05) is 13.1 Å². The molecule has 0 saturated heterocycles. The third-order valence-corrected chi connectivity index (χ3v) is 3.47. The number of allylic oxidation sites excluding steroid dienone is 2. The van der Waals surface area contributed by atoms with Crippen molar-refractivity contribution >= 4 is 0 Å². The van der Waals surface area contributed by atoms with Crippen LogP contribution in [0.4, 0.5) is 0 Å². The number of hydrogen-bond acceptors (Lipinski definition) is 1. The molecule has 1 saturated carbocycles. The van der Waals surface area contributed by atoms with Crippen LogP contribution in [0.25, 0.3) is 0 Å².